The molecule has 5 heteroatoms. The van der Waals surface area contributed by atoms with E-state index in [-0.39, 0.29) is 0 Å². The van der Waals surface area contributed by atoms with Gasteiger partial charge in [0.2, 0.25) is 0 Å². The molecule has 1 aromatic heterocycles. The first-order valence-electron chi connectivity index (χ1n) is 13.2. The summed E-state index contributed by atoms with van der Waals surface area (Å²) < 4.78 is 14.0. The number of aromatic nitrogens is 1. The summed E-state index contributed by atoms with van der Waals surface area (Å²) in [6.07, 6.45) is 9.88. The Bertz CT molecular complexity index is 1320. The Balaban J connectivity index is 1.79. The predicted octanol–water partition coefficient (Wildman–Crippen LogP) is 6.20. The largest absolute Gasteiger partial charge is 0.674 e. The molecule has 0 aliphatic carbocycles. The molecule has 0 radical (unpaired) electrons. The summed E-state index contributed by atoms with van der Waals surface area (Å²) in [7, 11) is 0. The lowest BCUT2D eigenvalue weighted by atomic mass is 9.45. The number of benzene rings is 2. The molecule has 0 unspecified atom stereocenters. The van der Waals surface area contributed by atoms with Gasteiger partial charge in [0.05, 0.1) is 11.5 Å². The van der Waals surface area contributed by atoms with Crippen molar-refractivity contribution in [3.8, 4) is 0 Å². The van der Waals surface area contributed by atoms with Gasteiger partial charge < -0.3 is 14.3 Å². The maximum atomic E-state index is 7.01. The average Bonchev–Trinajstić information content (AvgIpc) is 3.57. The topological polar surface area (TPSA) is 46.6 Å². The summed E-state index contributed by atoms with van der Waals surface area (Å²) in [5, 5.41) is 0. The first-order valence-corrected chi connectivity index (χ1v) is 13.2. The zero-order chi connectivity index (χ0) is 25.1. The van der Waals surface area contributed by atoms with Crippen molar-refractivity contribution in [2.45, 2.75) is 53.4 Å². The Labute approximate surface area is 214 Å². The normalized spacial score (nSPS) is 18.7. The highest BCUT2D eigenvalue weighted by Gasteiger charge is 2.40. The number of nitrogens with one attached hydrogen (secondary N) is 1. The standard InChI is InChI=1S/C31H34BN2O2/c1-5-22-20-33-30(26(22)7-3)28-19-29(31-27(8-4)23(6-2)21-34-31)36-32(35-28,24-15-11-9-12-16-24)25-17-13-10-14-18-25/h9-21,33H,5-8H2,1-4H3/q-1/b31-29+. The van der Waals surface area contributed by atoms with Gasteiger partial charge in [-0.2, -0.15) is 0 Å². The summed E-state index contributed by atoms with van der Waals surface area (Å²) in [5.41, 5.74) is 9.03. The molecule has 0 fully saturated rings. The molecule has 3 aromatic rings. The van der Waals surface area contributed by atoms with Crippen LogP contribution in [0.2, 0.25) is 0 Å². The van der Waals surface area contributed by atoms with Crippen molar-refractivity contribution < 1.29 is 9.31 Å². The van der Waals surface area contributed by atoms with Crippen LogP contribution in [0.25, 0.3) is 5.76 Å². The van der Waals surface area contributed by atoms with Crippen molar-refractivity contribution in [1.82, 2.24) is 4.98 Å². The molecular weight excluding hydrogens is 443 g/mol. The van der Waals surface area contributed by atoms with Gasteiger partial charge in [-0.1, -0.05) is 88.4 Å². The SMILES string of the molecule is CCC1=C(CC)/C(=C2/C=C(c3[nH]cc(CC)c3CC)O[B-](c3ccccc3)(c3ccccc3)O2)N=C1. The van der Waals surface area contributed by atoms with Crippen LogP contribution in [-0.4, -0.2) is 17.8 Å². The van der Waals surface area contributed by atoms with Gasteiger partial charge >= 0.3 is 6.55 Å². The van der Waals surface area contributed by atoms with Crippen LogP contribution in [0.15, 0.2) is 101 Å². The van der Waals surface area contributed by atoms with Gasteiger partial charge in [0, 0.05) is 18.5 Å². The summed E-state index contributed by atoms with van der Waals surface area (Å²) in [6, 6.07) is 20.6. The van der Waals surface area contributed by atoms with E-state index in [2.05, 4.69) is 63.1 Å². The monoisotopic (exact) mass is 477 g/mol. The fraction of sp³-hybridized carbons (Fsp3) is 0.258. The lowest BCUT2D eigenvalue weighted by Gasteiger charge is -2.48. The van der Waals surface area contributed by atoms with E-state index in [0.717, 1.165) is 59.5 Å². The number of allylic oxidation sites excluding steroid dienone is 3. The first kappa shape index (κ1) is 24.0. The Morgan fingerprint density at radius 3 is 2.00 bits per heavy atom. The molecule has 5 rings (SSSR count). The molecule has 4 nitrogen and oxygen atoms in total. The number of hydrogen-bond donors (Lipinski definition) is 1. The van der Waals surface area contributed by atoms with Crippen molar-refractivity contribution in [2.24, 2.45) is 4.99 Å². The third kappa shape index (κ3) is 4.03. The van der Waals surface area contributed by atoms with E-state index in [1.54, 1.807) is 0 Å². The van der Waals surface area contributed by atoms with Gasteiger partial charge in [0.15, 0.2) is 0 Å². The zero-order valence-electron chi connectivity index (χ0n) is 21.7. The first-order chi connectivity index (χ1) is 17.6. The number of nitrogens with zero attached hydrogens (tertiary/aromatic N) is 1. The fourth-order valence-corrected chi connectivity index (χ4v) is 5.50. The highest BCUT2D eigenvalue weighted by Crippen LogP contribution is 2.38. The van der Waals surface area contributed by atoms with Crippen molar-refractivity contribution in [2.75, 3.05) is 0 Å². The van der Waals surface area contributed by atoms with Crippen LogP contribution < -0.4 is 10.9 Å². The maximum Gasteiger partial charge on any atom is 0.406 e. The van der Waals surface area contributed by atoms with Gasteiger partial charge in [0.1, 0.15) is 11.5 Å². The molecule has 2 aliphatic rings. The number of aryl methyl sites for hydroxylation is 1. The minimum absolute atomic E-state index is 0.759. The van der Waals surface area contributed by atoms with Gasteiger partial charge in [-0.15, -0.1) is 10.9 Å². The molecule has 0 saturated carbocycles. The van der Waals surface area contributed by atoms with Gasteiger partial charge in [-0.3, -0.25) is 4.99 Å². The number of aromatic amines is 1. The molecule has 184 valence electrons. The van der Waals surface area contributed by atoms with Crippen LogP contribution in [0, 0.1) is 0 Å². The van der Waals surface area contributed by atoms with Gasteiger partial charge in [0.25, 0.3) is 0 Å². The van der Waals surface area contributed by atoms with Crippen LogP contribution >= 0.6 is 0 Å². The molecule has 3 heterocycles. The third-order valence-corrected chi connectivity index (χ3v) is 7.38. The molecule has 0 saturated heterocycles. The summed E-state index contributed by atoms with van der Waals surface area (Å²) >= 11 is 0. The van der Waals surface area contributed by atoms with Crippen molar-refractivity contribution >= 4 is 29.5 Å². The second kappa shape index (κ2) is 10.1. The molecule has 0 spiro atoms. The second-order valence-corrected chi connectivity index (χ2v) is 9.33. The number of aliphatic imine (C=N–C) groups is 1. The molecule has 0 amide bonds. The lowest BCUT2D eigenvalue weighted by molar-refractivity contribution is 0.310. The zero-order valence-corrected chi connectivity index (χ0v) is 21.7. The van der Waals surface area contributed by atoms with Crippen LogP contribution in [-0.2, 0) is 22.2 Å². The smallest absolute Gasteiger partial charge is 0.406 e. The van der Waals surface area contributed by atoms with E-state index < -0.39 is 6.55 Å². The molecular formula is C31H34BN2O2-. The van der Waals surface area contributed by atoms with Crippen LogP contribution in [0.1, 0.15) is 57.4 Å². The van der Waals surface area contributed by atoms with Crippen LogP contribution in [0.5, 0.6) is 0 Å². The van der Waals surface area contributed by atoms with E-state index >= 15 is 0 Å². The van der Waals surface area contributed by atoms with Crippen molar-refractivity contribution in [3.63, 3.8) is 0 Å². The number of rotatable bonds is 7. The highest BCUT2D eigenvalue weighted by molar-refractivity contribution is 6.93. The molecule has 2 aliphatic heterocycles. The van der Waals surface area contributed by atoms with Crippen LogP contribution in [0.3, 0.4) is 0 Å². The van der Waals surface area contributed by atoms with Crippen molar-refractivity contribution in [1.29, 1.82) is 0 Å². The van der Waals surface area contributed by atoms with Crippen molar-refractivity contribution in [3.05, 3.63) is 112 Å². The number of hydrogen-bond acceptors (Lipinski definition) is 3. The third-order valence-electron chi connectivity index (χ3n) is 7.38. The lowest BCUT2D eigenvalue weighted by Crippen LogP contribution is -2.63. The van der Waals surface area contributed by atoms with E-state index in [4.69, 9.17) is 14.3 Å². The minimum Gasteiger partial charge on any atom is -0.674 e. The van der Waals surface area contributed by atoms with E-state index in [1.165, 1.54) is 22.3 Å². The summed E-state index contributed by atoms with van der Waals surface area (Å²) in [5.74, 6) is 1.55. The highest BCUT2D eigenvalue weighted by atomic mass is 16.6. The maximum absolute atomic E-state index is 7.01. The quantitative estimate of drug-likeness (QED) is 0.412. The van der Waals surface area contributed by atoms with E-state index in [0.29, 0.717) is 0 Å². The molecule has 1 N–H and O–H groups in total. The van der Waals surface area contributed by atoms with Gasteiger partial charge in [-0.05, 0) is 48.0 Å². The van der Waals surface area contributed by atoms with Gasteiger partial charge in [-0.25, -0.2) is 0 Å². The Hall–Kier alpha value is -3.73. The van der Waals surface area contributed by atoms with E-state index in [1.807, 2.05) is 48.7 Å². The fourth-order valence-electron chi connectivity index (χ4n) is 5.50. The molecule has 2 aromatic carbocycles. The minimum atomic E-state index is -2.06. The summed E-state index contributed by atoms with van der Waals surface area (Å²) in [6.45, 7) is 6.70. The molecule has 36 heavy (non-hydrogen) atoms. The van der Waals surface area contributed by atoms with Crippen LogP contribution in [0.4, 0.5) is 0 Å². The number of H-pyrrole nitrogens is 1. The second-order valence-electron chi connectivity index (χ2n) is 9.33. The Morgan fingerprint density at radius 1 is 0.778 bits per heavy atom. The molecule has 0 bridgehead atoms. The Morgan fingerprint density at radius 2 is 1.44 bits per heavy atom. The summed E-state index contributed by atoms with van der Waals surface area (Å²) in [4.78, 5) is 8.40. The van der Waals surface area contributed by atoms with E-state index in [9.17, 15) is 0 Å². The predicted molar refractivity (Wildman–Crippen MR) is 151 cm³/mol. The molecule has 0 atom stereocenters. The average molecular weight is 477 g/mol. The Kier molecular flexibility index (Phi) is 6.73.